The molecule has 0 bridgehead atoms. The summed E-state index contributed by atoms with van der Waals surface area (Å²) in [7, 11) is -0.970. The molecule has 1 aliphatic heterocycles. The van der Waals surface area contributed by atoms with Crippen LogP contribution in [0.4, 0.5) is 0 Å². The highest BCUT2D eigenvalue weighted by molar-refractivity contribution is 8.06. The van der Waals surface area contributed by atoms with Crippen molar-refractivity contribution >= 4 is 26.7 Å². The first kappa shape index (κ1) is 10.7. The molecule has 0 aromatic carbocycles. The average molecular weight is 215 g/mol. The lowest BCUT2D eigenvalue weighted by atomic mass is 10.7. The van der Waals surface area contributed by atoms with E-state index in [1.807, 2.05) is 0 Å². The molecule has 0 unspecified atom stereocenters. The molecule has 0 amide bonds. The molecule has 7 nitrogen and oxygen atoms in total. The monoisotopic (exact) mass is 215 g/mol. The lowest BCUT2D eigenvalue weighted by molar-refractivity contribution is -0.00257. The number of amidine groups is 2. The fraction of sp³-hybridized carbons (Fsp3) is 0.500. The maximum absolute atomic E-state index is 11.6. The third kappa shape index (κ3) is 1.63. The Morgan fingerprint density at radius 3 is 2.36 bits per heavy atom. The highest BCUT2D eigenvalue weighted by Gasteiger charge is 2.38. The molecule has 0 aromatic rings. The molecule has 0 saturated carbocycles. The Morgan fingerprint density at radius 2 is 1.93 bits per heavy atom. The van der Waals surface area contributed by atoms with E-state index >= 15 is 0 Å². The smallest absolute Gasteiger partial charge is 0.442 e. The fourth-order valence-corrected chi connectivity index (χ4v) is 1.74. The lowest BCUT2D eigenvalue weighted by Gasteiger charge is -2.07. The van der Waals surface area contributed by atoms with E-state index in [4.69, 9.17) is 5.53 Å². The number of hydrogen-bond donors (Lipinski definition) is 0. The van der Waals surface area contributed by atoms with Gasteiger partial charge in [-0.3, -0.25) is 0 Å². The Balaban J connectivity index is 3.29. The molecule has 0 aliphatic carbocycles. The minimum atomic E-state index is -3.69. The summed E-state index contributed by atoms with van der Waals surface area (Å²) in [6, 6.07) is 0. The highest BCUT2D eigenvalue weighted by atomic mass is 32.2. The van der Waals surface area contributed by atoms with Crippen LogP contribution in [-0.4, -0.2) is 48.3 Å². The predicted octanol–water partition coefficient (Wildman–Crippen LogP) is -0.663. The minimum Gasteiger partial charge on any atom is -0.497 e. The van der Waals surface area contributed by atoms with E-state index in [1.165, 1.54) is 21.0 Å². The first-order chi connectivity index (χ1) is 6.39. The van der Waals surface area contributed by atoms with Gasteiger partial charge in [0.05, 0.1) is 0 Å². The van der Waals surface area contributed by atoms with Gasteiger partial charge in [-0.2, -0.15) is 4.99 Å². The van der Waals surface area contributed by atoms with Crippen molar-refractivity contribution in [1.82, 2.24) is 4.31 Å². The Bertz CT molecular complexity index is 466. The zero-order valence-corrected chi connectivity index (χ0v) is 8.78. The highest BCUT2D eigenvalue weighted by Crippen LogP contribution is 2.07. The van der Waals surface area contributed by atoms with Crippen molar-refractivity contribution in [2.45, 2.75) is 6.92 Å². The molecule has 0 spiro atoms. The topological polar surface area (TPSA) is 98.5 Å². The van der Waals surface area contributed by atoms with E-state index in [0.717, 1.165) is 4.31 Å². The zero-order valence-electron chi connectivity index (χ0n) is 7.96. The first-order valence-electron chi connectivity index (χ1n) is 3.68. The Hall–Kier alpha value is -1.37. The Morgan fingerprint density at radius 1 is 1.36 bits per heavy atom. The van der Waals surface area contributed by atoms with Crippen molar-refractivity contribution in [3.63, 3.8) is 0 Å². The van der Waals surface area contributed by atoms with Gasteiger partial charge in [0, 0.05) is 21.0 Å². The molecule has 0 saturated heterocycles. The van der Waals surface area contributed by atoms with Gasteiger partial charge < -0.3 is 10.3 Å². The first-order valence-corrected chi connectivity index (χ1v) is 5.12. The number of rotatable bonds is 1. The van der Waals surface area contributed by atoms with E-state index in [-0.39, 0.29) is 16.7 Å². The van der Waals surface area contributed by atoms with Crippen LogP contribution in [0, 0.1) is 0 Å². The van der Waals surface area contributed by atoms with Crippen LogP contribution in [0.1, 0.15) is 6.92 Å². The minimum absolute atomic E-state index is 0.248. The third-order valence-corrected chi connectivity index (χ3v) is 3.27. The summed E-state index contributed by atoms with van der Waals surface area (Å²) in [5.41, 5.74) is 8.52. The van der Waals surface area contributed by atoms with Gasteiger partial charge in [0.1, 0.15) is 0 Å². The molecule has 0 atom stereocenters. The molecule has 76 valence electrons. The number of aliphatic imine (C=N–C) groups is 2. The van der Waals surface area contributed by atoms with E-state index in [9.17, 15) is 8.42 Å². The summed E-state index contributed by atoms with van der Waals surface area (Å²) in [5, 5.41) is -0.331. The standard InChI is InChI=1S/C6H9N5O2S/c1-4-8-5(10-7)6(9-4)14(12,13)11(2)3/h1-3H3. The lowest BCUT2D eigenvalue weighted by Crippen LogP contribution is -2.33. The zero-order chi connectivity index (χ0) is 10.9. The van der Waals surface area contributed by atoms with Crippen LogP contribution >= 0.6 is 0 Å². The fourth-order valence-electron chi connectivity index (χ4n) is 0.834. The quantitative estimate of drug-likeness (QED) is 0.428. The molecule has 8 heteroatoms. The van der Waals surface area contributed by atoms with Crippen LogP contribution in [0.2, 0.25) is 0 Å². The van der Waals surface area contributed by atoms with Gasteiger partial charge in [0.2, 0.25) is 5.84 Å². The van der Waals surface area contributed by atoms with Gasteiger partial charge in [-0.1, -0.05) is 0 Å². The molecule has 1 rings (SSSR count). The van der Waals surface area contributed by atoms with Crippen LogP contribution in [0.3, 0.4) is 0 Å². The summed E-state index contributed by atoms with van der Waals surface area (Å²) in [4.78, 5) is 10.1. The second-order valence-electron chi connectivity index (χ2n) is 2.79. The summed E-state index contributed by atoms with van der Waals surface area (Å²) in [6.45, 7) is 1.52. The molecule has 0 fully saturated rings. The predicted molar refractivity (Wildman–Crippen MR) is 51.8 cm³/mol. The summed E-state index contributed by atoms with van der Waals surface area (Å²) >= 11 is 0. The van der Waals surface area contributed by atoms with Crippen LogP contribution in [0.15, 0.2) is 9.98 Å². The second kappa shape index (κ2) is 3.41. The van der Waals surface area contributed by atoms with Crippen LogP contribution < -0.4 is 0 Å². The maximum atomic E-state index is 11.6. The van der Waals surface area contributed by atoms with Gasteiger partial charge in [-0.15, -0.1) is 0 Å². The molecule has 0 radical (unpaired) electrons. The Kier molecular flexibility index (Phi) is 2.61. The third-order valence-electron chi connectivity index (χ3n) is 1.54. The van der Waals surface area contributed by atoms with Crippen molar-refractivity contribution in [2.24, 2.45) is 9.98 Å². The number of nitrogens with zero attached hydrogens (tertiary/aromatic N) is 5. The van der Waals surface area contributed by atoms with Crippen LogP contribution in [-0.2, 0) is 10.0 Å². The molecule has 14 heavy (non-hydrogen) atoms. The maximum Gasteiger partial charge on any atom is 0.442 e. The van der Waals surface area contributed by atoms with Gasteiger partial charge in [0.15, 0.2) is 0 Å². The van der Waals surface area contributed by atoms with E-state index in [2.05, 4.69) is 14.8 Å². The number of hydrogen-bond acceptors (Lipinski definition) is 3. The van der Waals surface area contributed by atoms with Crippen LogP contribution in [0.5, 0.6) is 0 Å². The van der Waals surface area contributed by atoms with Crippen molar-refractivity contribution < 1.29 is 13.2 Å². The normalized spacial score (nSPS) is 16.7. The summed E-state index contributed by atoms with van der Waals surface area (Å²) in [6.07, 6.45) is 0. The van der Waals surface area contributed by atoms with Crippen molar-refractivity contribution in [3.8, 4) is 0 Å². The van der Waals surface area contributed by atoms with Gasteiger partial charge >= 0.3 is 5.84 Å². The SMILES string of the molecule is CC1=NC(=[N+]=[N-])C(S(=O)(=O)N(C)C)=N1. The molecular weight excluding hydrogens is 206 g/mol. The average Bonchev–Trinajstić information content (AvgIpc) is 2.46. The van der Waals surface area contributed by atoms with Gasteiger partial charge in [-0.05, 0) is 4.99 Å². The number of sulfonamides is 1. The molecule has 0 N–H and O–H groups in total. The van der Waals surface area contributed by atoms with Crippen molar-refractivity contribution in [1.29, 1.82) is 0 Å². The molecule has 1 aliphatic rings. The largest absolute Gasteiger partial charge is 0.497 e. The van der Waals surface area contributed by atoms with Gasteiger partial charge in [0.25, 0.3) is 15.1 Å². The van der Waals surface area contributed by atoms with Crippen LogP contribution in [0.25, 0.3) is 5.53 Å². The summed E-state index contributed by atoms with van der Waals surface area (Å²) in [5.74, 6) is -0.0329. The van der Waals surface area contributed by atoms with E-state index in [1.54, 1.807) is 0 Å². The molecule has 1 heterocycles. The Labute approximate surface area is 81.5 Å². The van der Waals surface area contributed by atoms with Crippen molar-refractivity contribution in [3.05, 3.63) is 5.53 Å². The van der Waals surface area contributed by atoms with Crippen molar-refractivity contribution in [2.75, 3.05) is 14.1 Å². The van der Waals surface area contributed by atoms with E-state index < -0.39 is 10.0 Å². The molecule has 0 aromatic heterocycles. The summed E-state index contributed by atoms with van der Waals surface area (Å²) < 4.78 is 24.1. The van der Waals surface area contributed by atoms with Gasteiger partial charge in [-0.25, -0.2) is 12.7 Å². The second-order valence-corrected chi connectivity index (χ2v) is 4.85. The molecular formula is C6H9N5O2S. The van der Waals surface area contributed by atoms with E-state index in [0.29, 0.717) is 0 Å².